The Morgan fingerprint density at radius 3 is 2.89 bits per heavy atom. The molecule has 0 radical (unpaired) electrons. The Bertz CT molecular complexity index is 701. The second-order valence-corrected chi connectivity index (χ2v) is 5.34. The average molecular weight is 437 g/mol. The van der Waals surface area contributed by atoms with Crippen LogP contribution in [-0.2, 0) is 0 Å². The first-order chi connectivity index (χ1) is 8.99. The van der Waals surface area contributed by atoms with Crippen molar-refractivity contribution in [2.75, 3.05) is 0 Å². The smallest absolute Gasteiger partial charge is 0.335 e. The van der Waals surface area contributed by atoms with Crippen LogP contribution in [0.25, 0.3) is 0 Å². The van der Waals surface area contributed by atoms with Gasteiger partial charge in [0.05, 0.1) is 16.4 Å². The lowest BCUT2D eigenvalue weighted by Gasteiger charge is -2.08. The number of rotatable bonds is 3. The molecular weight excluding hydrogens is 431 g/mol. The van der Waals surface area contributed by atoms with Gasteiger partial charge in [0.25, 0.3) is 5.56 Å². The van der Waals surface area contributed by atoms with E-state index in [0.717, 1.165) is 0 Å². The molecule has 8 heteroatoms. The summed E-state index contributed by atoms with van der Waals surface area (Å²) in [5, 5.41) is 8.92. The zero-order valence-corrected chi connectivity index (χ0v) is 12.9. The highest BCUT2D eigenvalue weighted by molar-refractivity contribution is 14.1. The highest BCUT2D eigenvalue weighted by Gasteiger charge is 2.12. The van der Waals surface area contributed by atoms with Gasteiger partial charge < -0.3 is 14.8 Å². The maximum atomic E-state index is 11.4. The molecular formula is C11H6BrIN2O4. The molecule has 0 aliphatic rings. The van der Waals surface area contributed by atoms with E-state index < -0.39 is 5.97 Å². The lowest BCUT2D eigenvalue weighted by Crippen LogP contribution is -2.11. The maximum Gasteiger partial charge on any atom is 0.335 e. The van der Waals surface area contributed by atoms with Gasteiger partial charge in [-0.3, -0.25) is 4.79 Å². The summed E-state index contributed by atoms with van der Waals surface area (Å²) in [6, 6.07) is 4.35. The fraction of sp³-hybridized carbons (Fsp3) is 0. The number of carbonyl (C=O) groups is 1. The van der Waals surface area contributed by atoms with Crippen LogP contribution in [0.2, 0.25) is 0 Å². The summed E-state index contributed by atoms with van der Waals surface area (Å²) in [7, 11) is 0. The van der Waals surface area contributed by atoms with Crippen molar-refractivity contribution in [1.29, 1.82) is 0 Å². The molecule has 0 atom stereocenters. The number of carboxylic acids is 1. The van der Waals surface area contributed by atoms with Crippen molar-refractivity contribution in [2.24, 2.45) is 0 Å². The zero-order valence-electron chi connectivity index (χ0n) is 9.18. The molecule has 2 aromatic rings. The van der Waals surface area contributed by atoms with Gasteiger partial charge in [0.1, 0.15) is 9.32 Å². The normalized spacial score (nSPS) is 10.2. The molecule has 6 nitrogen and oxygen atoms in total. The van der Waals surface area contributed by atoms with Crippen LogP contribution in [0.15, 0.2) is 33.8 Å². The van der Waals surface area contributed by atoms with E-state index in [2.05, 4.69) is 25.9 Å². The molecule has 1 aromatic heterocycles. The highest BCUT2D eigenvalue weighted by atomic mass is 127. The van der Waals surface area contributed by atoms with Gasteiger partial charge >= 0.3 is 5.97 Å². The second-order valence-electron chi connectivity index (χ2n) is 3.40. The van der Waals surface area contributed by atoms with Crippen molar-refractivity contribution in [3.63, 3.8) is 0 Å². The van der Waals surface area contributed by atoms with E-state index in [1.165, 1.54) is 18.5 Å². The molecule has 0 saturated heterocycles. The van der Waals surface area contributed by atoms with Crippen molar-refractivity contribution < 1.29 is 14.6 Å². The van der Waals surface area contributed by atoms with E-state index in [-0.39, 0.29) is 26.3 Å². The van der Waals surface area contributed by atoms with Gasteiger partial charge in [0.2, 0.25) is 5.88 Å². The Balaban J connectivity index is 2.43. The molecule has 2 rings (SSSR count). The van der Waals surface area contributed by atoms with Crippen LogP contribution in [0.1, 0.15) is 10.4 Å². The van der Waals surface area contributed by atoms with Gasteiger partial charge in [-0.1, -0.05) is 0 Å². The summed E-state index contributed by atoms with van der Waals surface area (Å²) < 4.78 is 6.31. The molecule has 0 amide bonds. The first kappa shape index (κ1) is 14.0. The number of hydrogen-bond donors (Lipinski definition) is 2. The van der Waals surface area contributed by atoms with Crippen LogP contribution in [0.5, 0.6) is 11.6 Å². The summed E-state index contributed by atoms with van der Waals surface area (Å²) in [5.41, 5.74) is -0.242. The van der Waals surface area contributed by atoms with Gasteiger partial charge in [-0.25, -0.2) is 9.78 Å². The number of halogens is 2. The minimum absolute atomic E-state index is 0.0815. The molecule has 1 aromatic carbocycles. The van der Waals surface area contributed by atoms with Crippen LogP contribution >= 0.6 is 38.5 Å². The number of nitrogens with one attached hydrogen (secondary N) is 1. The molecule has 0 unspecified atom stereocenters. The van der Waals surface area contributed by atoms with E-state index in [0.29, 0.717) is 4.47 Å². The Morgan fingerprint density at radius 1 is 1.47 bits per heavy atom. The molecule has 1 heterocycles. The van der Waals surface area contributed by atoms with E-state index in [4.69, 9.17) is 9.84 Å². The third kappa shape index (κ3) is 3.13. The predicted octanol–water partition coefficient (Wildman–Crippen LogP) is 2.63. The maximum absolute atomic E-state index is 11.4. The summed E-state index contributed by atoms with van der Waals surface area (Å²) in [6.07, 6.45) is 1.22. The number of benzene rings is 1. The molecule has 0 saturated carbocycles. The van der Waals surface area contributed by atoms with Crippen molar-refractivity contribution in [3.8, 4) is 11.6 Å². The molecule has 98 valence electrons. The van der Waals surface area contributed by atoms with Gasteiger partial charge in [-0.05, 0) is 56.7 Å². The van der Waals surface area contributed by atoms with Crippen LogP contribution in [-0.4, -0.2) is 21.0 Å². The van der Waals surface area contributed by atoms with Crippen LogP contribution in [0.4, 0.5) is 0 Å². The Kier molecular flexibility index (Phi) is 4.20. The van der Waals surface area contributed by atoms with E-state index in [9.17, 15) is 9.59 Å². The first-order valence-electron chi connectivity index (χ1n) is 4.93. The molecule has 0 aliphatic carbocycles. The molecule has 0 spiro atoms. The van der Waals surface area contributed by atoms with Gasteiger partial charge in [-0.2, -0.15) is 0 Å². The molecule has 0 aliphatic heterocycles. The average Bonchev–Trinajstić information content (AvgIpc) is 2.37. The van der Waals surface area contributed by atoms with E-state index in [1.54, 1.807) is 28.7 Å². The number of nitrogens with zero attached hydrogens (tertiary/aromatic N) is 1. The minimum atomic E-state index is -1.06. The van der Waals surface area contributed by atoms with Crippen LogP contribution in [0.3, 0.4) is 0 Å². The number of hydrogen-bond acceptors (Lipinski definition) is 4. The number of aromatic nitrogens is 2. The van der Waals surface area contributed by atoms with Gasteiger partial charge in [0.15, 0.2) is 0 Å². The van der Waals surface area contributed by atoms with Crippen molar-refractivity contribution in [3.05, 3.63) is 48.5 Å². The van der Waals surface area contributed by atoms with Gasteiger partial charge in [-0.15, -0.1) is 0 Å². The highest BCUT2D eigenvalue weighted by Crippen LogP contribution is 2.30. The minimum Gasteiger partial charge on any atom is -0.478 e. The molecule has 19 heavy (non-hydrogen) atoms. The Morgan fingerprint density at radius 2 is 2.21 bits per heavy atom. The largest absolute Gasteiger partial charge is 0.478 e. The topological polar surface area (TPSA) is 92.3 Å². The number of ether oxygens (including phenoxy) is 1. The summed E-state index contributed by atoms with van der Waals surface area (Å²) >= 11 is 5.05. The summed E-state index contributed by atoms with van der Waals surface area (Å²) in [6.45, 7) is 0. The third-order valence-corrected chi connectivity index (χ3v) is 3.76. The number of aromatic amines is 1. The first-order valence-corrected chi connectivity index (χ1v) is 6.80. The molecule has 0 bridgehead atoms. The van der Waals surface area contributed by atoms with Crippen LogP contribution < -0.4 is 10.3 Å². The van der Waals surface area contributed by atoms with E-state index in [1.807, 2.05) is 0 Å². The standard InChI is InChI=1S/C11H6BrIN2O4/c12-6-2-1-5(11(17)18)3-7(6)19-10-8(13)9(16)14-4-15-10/h1-4H,(H,17,18)(H,14,15,16). The summed E-state index contributed by atoms with van der Waals surface area (Å²) in [4.78, 5) is 28.6. The van der Waals surface area contributed by atoms with Crippen molar-refractivity contribution in [1.82, 2.24) is 9.97 Å². The number of carboxylic acid groups (broad SMARTS) is 1. The fourth-order valence-corrected chi connectivity index (χ4v) is 1.99. The SMILES string of the molecule is O=C(O)c1ccc(Br)c(Oc2nc[nH]c(=O)c2I)c1. The summed E-state index contributed by atoms with van der Waals surface area (Å²) in [5.74, 6) is -0.672. The Hall–Kier alpha value is -1.42. The zero-order chi connectivity index (χ0) is 14.0. The lowest BCUT2D eigenvalue weighted by atomic mass is 10.2. The second kappa shape index (κ2) is 5.70. The number of H-pyrrole nitrogens is 1. The van der Waals surface area contributed by atoms with Gasteiger partial charge in [0, 0.05) is 0 Å². The number of aromatic carboxylic acids is 1. The quantitative estimate of drug-likeness (QED) is 0.721. The third-order valence-electron chi connectivity index (χ3n) is 2.15. The van der Waals surface area contributed by atoms with Crippen LogP contribution in [0, 0.1) is 3.57 Å². The fourth-order valence-electron chi connectivity index (χ4n) is 1.26. The monoisotopic (exact) mass is 436 g/mol. The molecule has 2 N–H and O–H groups in total. The van der Waals surface area contributed by atoms with Crippen molar-refractivity contribution >= 4 is 44.5 Å². The lowest BCUT2D eigenvalue weighted by molar-refractivity contribution is 0.0696. The van der Waals surface area contributed by atoms with E-state index >= 15 is 0 Å². The predicted molar refractivity (Wildman–Crippen MR) is 78.8 cm³/mol. The molecule has 0 fully saturated rings. The van der Waals surface area contributed by atoms with Crippen molar-refractivity contribution in [2.45, 2.75) is 0 Å². The Labute approximate surface area is 129 Å².